The zero-order chi connectivity index (χ0) is 19.4. The molecule has 7 nitrogen and oxygen atoms in total. The van der Waals surface area contributed by atoms with Crippen LogP contribution in [0, 0.1) is 0 Å². The minimum Gasteiger partial charge on any atom is -0.368 e. The predicted octanol–water partition coefficient (Wildman–Crippen LogP) is 1.23. The Hall–Kier alpha value is -1.69. The molecule has 1 saturated heterocycles. The summed E-state index contributed by atoms with van der Waals surface area (Å²) in [4.78, 5) is 12.2. The number of alkyl halides is 3. The van der Waals surface area contributed by atoms with E-state index in [1.165, 1.54) is 24.0 Å². The van der Waals surface area contributed by atoms with Crippen molar-refractivity contribution in [2.24, 2.45) is 0 Å². The van der Waals surface area contributed by atoms with E-state index in [4.69, 9.17) is 4.74 Å². The Labute approximate surface area is 149 Å². The van der Waals surface area contributed by atoms with E-state index in [-0.39, 0.29) is 10.8 Å². The normalized spacial score (nSPS) is 17.7. The number of carbonyl (C=O) groups excluding carboxylic acids is 1. The molecule has 3 N–H and O–H groups in total. The molecule has 0 spiro atoms. The van der Waals surface area contributed by atoms with E-state index >= 15 is 0 Å². The average Bonchev–Trinajstić information content (AvgIpc) is 2.60. The molecule has 1 fully saturated rings. The van der Waals surface area contributed by atoms with Gasteiger partial charge in [-0.15, -0.1) is 0 Å². The summed E-state index contributed by atoms with van der Waals surface area (Å²) in [6.07, 6.45) is -3.67. The maximum absolute atomic E-state index is 12.5. The van der Waals surface area contributed by atoms with Crippen LogP contribution in [0.4, 0.5) is 18.9 Å². The van der Waals surface area contributed by atoms with Crippen LogP contribution in [0.5, 0.6) is 0 Å². The lowest BCUT2D eigenvalue weighted by atomic mass is 9.91. The number of benzene rings is 1. The predicted molar refractivity (Wildman–Crippen MR) is 88.2 cm³/mol. The summed E-state index contributed by atoms with van der Waals surface area (Å²) in [5.74, 6) is -0.354. The molecule has 11 heteroatoms. The second kappa shape index (κ2) is 7.91. The molecule has 1 aromatic rings. The Morgan fingerprint density at radius 2 is 1.81 bits per heavy atom. The van der Waals surface area contributed by atoms with Gasteiger partial charge in [0.1, 0.15) is 12.1 Å². The van der Waals surface area contributed by atoms with Gasteiger partial charge >= 0.3 is 6.18 Å². The molecule has 2 rings (SSSR count). The fourth-order valence-electron chi connectivity index (χ4n) is 2.58. The first-order chi connectivity index (χ1) is 12.1. The van der Waals surface area contributed by atoms with Gasteiger partial charge in [-0.1, -0.05) is 0 Å². The smallest absolute Gasteiger partial charge is 0.368 e. The summed E-state index contributed by atoms with van der Waals surface area (Å²) >= 11 is 0. The molecule has 0 aromatic heterocycles. The fourth-order valence-corrected chi connectivity index (χ4v) is 3.59. The molecule has 146 valence electrons. The van der Waals surface area contributed by atoms with Gasteiger partial charge in [-0.2, -0.15) is 13.2 Å². The average molecular weight is 395 g/mol. The Morgan fingerprint density at radius 1 is 1.23 bits per heavy atom. The Kier molecular flexibility index (Phi) is 6.27. The van der Waals surface area contributed by atoms with Crippen LogP contribution in [-0.4, -0.2) is 52.8 Å². The van der Waals surface area contributed by atoms with Crippen LogP contribution in [0.15, 0.2) is 29.2 Å². The van der Waals surface area contributed by atoms with E-state index in [1.54, 1.807) is 0 Å². The number of rotatable bonds is 6. The molecule has 0 radical (unpaired) electrons. The molecular weight excluding hydrogens is 375 g/mol. The number of amides is 1. The summed E-state index contributed by atoms with van der Waals surface area (Å²) in [5, 5.41) is 5.78. The minimum absolute atomic E-state index is 0.319. The summed E-state index contributed by atoms with van der Waals surface area (Å²) < 4.78 is 67.0. The van der Waals surface area contributed by atoms with E-state index < -0.39 is 28.3 Å². The van der Waals surface area contributed by atoms with E-state index in [0.717, 1.165) is 12.1 Å². The number of carbonyl (C=O) groups is 1. The Bertz CT molecular complexity index is 729. The van der Waals surface area contributed by atoms with Gasteiger partial charge in [-0.3, -0.25) is 4.79 Å². The van der Waals surface area contributed by atoms with Crippen molar-refractivity contribution in [2.45, 2.75) is 29.5 Å². The van der Waals surface area contributed by atoms with Gasteiger partial charge in [0, 0.05) is 12.8 Å². The van der Waals surface area contributed by atoms with Crippen LogP contribution >= 0.6 is 0 Å². The minimum atomic E-state index is -4.65. The van der Waals surface area contributed by atoms with Gasteiger partial charge in [-0.05, 0) is 50.2 Å². The molecule has 1 aliphatic rings. The van der Waals surface area contributed by atoms with Crippen LogP contribution in [0.3, 0.4) is 0 Å². The van der Waals surface area contributed by atoms with Gasteiger partial charge in [0.2, 0.25) is 10.0 Å². The molecule has 0 bridgehead atoms. The fraction of sp³-hybridized carbons (Fsp3) is 0.533. The van der Waals surface area contributed by atoms with Crippen molar-refractivity contribution < 1.29 is 31.1 Å². The van der Waals surface area contributed by atoms with Gasteiger partial charge < -0.3 is 15.4 Å². The summed E-state index contributed by atoms with van der Waals surface area (Å²) in [7, 11) is -2.84. The first-order valence-electron chi connectivity index (χ1n) is 7.82. The van der Waals surface area contributed by atoms with E-state index in [1.807, 2.05) is 0 Å². The molecule has 0 saturated carbocycles. The van der Waals surface area contributed by atoms with Crippen molar-refractivity contribution in [1.82, 2.24) is 10.0 Å². The summed E-state index contributed by atoms with van der Waals surface area (Å²) in [5.41, 5.74) is -0.649. The van der Waals surface area contributed by atoms with Crippen molar-refractivity contribution in [3.63, 3.8) is 0 Å². The van der Waals surface area contributed by atoms with Crippen LogP contribution in [0.2, 0.25) is 0 Å². The Balaban J connectivity index is 2.06. The molecule has 1 heterocycles. The number of piperidine rings is 1. The van der Waals surface area contributed by atoms with Gasteiger partial charge in [0.05, 0.1) is 4.90 Å². The molecule has 0 aliphatic carbocycles. The number of hydrogen-bond acceptors (Lipinski definition) is 5. The van der Waals surface area contributed by atoms with E-state index in [2.05, 4.69) is 10.6 Å². The highest BCUT2D eigenvalue weighted by Gasteiger charge is 2.39. The second-order valence-electron chi connectivity index (χ2n) is 5.87. The van der Waals surface area contributed by atoms with Gasteiger partial charge in [0.25, 0.3) is 5.91 Å². The third-order valence-electron chi connectivity index (χ3n) is 4.10. The van der Waals surface area contributed by atoms with E-state index in [0.29, 0.717) is 31.6 Å². The number of methoxy groups -OCH3 is 1. The molecule has 26 heavy (non-hydrogen) atoms. The summed E-state index contributed by atoms with van der Waals surface area (Å²) in [6.45, 7) is -0.398. The molecule has 1 aliphatic heterocycles. The zero-order valence-corrected chi connectivity index (χ0v) is 14.8. The van der Waals surface area contributed by atoms with Crippen molar-refractivity contribution in [2.75, 3.05) is 32.1 Å². The maximum Gasteiger partial charge on any atom is 0.402 e. The monoisotopic (exact) mass is 395 g/mol. The summed E-state index contributed by atoms with van der Waals surface area (Å²) in [6, 6.07) is 4.86. The highest BCUT2D eigenvalue weighted by atomic mass is 32.2. The zero-order valence-electron chi connectivity index (χ0n) is 14.0. The molecular formula is C15H20F3N3O4S. The lowest BCUT2D eigenvalue weighted by molar-refractivity contribution is -0.140. The second-order valence-corrected chi connectivity index (χ2v) is 7.63. The van der Waals surface area contributed by atoms with Crippen LogP contribution in [0.25, 0.3) is 0 Å². The maximum atomic E-state index is 12.5. The van der Waals surface area contributed by atoms with Crippen molar-refractivity contribution >= 4 is 21.6 Å². The number of halogens is 3. The molecule has 0 unspecified atom stereocenters. The van der Waals surface area contributed by atoms with Gasteiger partial charge in [-0.25, -0.2) is 13.1 Å². The number of anilines is 1. The van der Waals surface area contributed by atoms with Gasteiger partial charge in [0.15, 0.2) is 0 Å². The topological polar surface area (TPSA) is 96.5 Å². The van der Waals surface area contributed by atoms with Crippen molar-refractivity contribution in [3.05, 3.63) is 24.3 Å². The van der Waals surface area contributed by atoms with E-state index in [9.17, 15) is 26.4 Å². The number of hydrogen-bond donors (Lipinski definition) is 3. The number of ether oxygens (including phenoxy) is 1. The highest BCUT2D eigenvalue weighted by molar-refractivity contribution is 7.89. The van der Waals surface area contributed by atoms with Crippen molar-refractivity contribution in [3.8, 4) is 0 Å². The Morgan fingerprint density at radius 3 is 2.31 bits per heavy atom. The third kappa shape index (κ3) is 5.16. The molecule has 0 atom stereocenters. The first-order valence-corrected chi connectivity index (χ1v) is 9.30. The first kappa shape index (κ1) is 20.6. The van der Waals surface area contributed by atoms with Crippen LogP contribution in [0.1, 0.15) is 12.8 Å². The van der Waals surface area contributed by atoms with Crippen LogP contribution < -0.4 is 15.4 Å². The number of nitrogens with one attached hydrogen (secondary N) is 3. The third-order valence-corrected chi connectivity index (χ3v) is 5.52. The van der Waals surface area contributed by atoms with Crippen molar-refractivity contribution in [1.29, 1.82) is 0 Å². The standard InChI is InChI=1S/C15H20F3N3O4S/c1-25-14(6-8-19-9-7-14)13(22)21-11-2-4-12(5-3-11)26(23,24)20-10-15(16,17)18/h2-5,19-20H,6-10H2,1H3,(H,21,22). The number of sulfonamides is 1. The molecule has 1 aromatic carbocycles. The quantitative estimate of drug-likeness (QED) is 0.673. The van der Waals surface area contributed by atoms with Crippen LogP contribution in [-0.2, 0) is 19.6 Å². The largest absolute Gasteiger partial charge is 0.402 e. The lowest BCUT2D eigenvalue weighted by Gasteiger charge is -2.34. The SMILES string of the molecule is COC1(C(=O)Nc2ccc(S(=O)(=O)NCC(F)(F)F)cc2)CCNCC1. The highest BCUT2D eigenvalue weighted by Crippen LogP contribution is 2.25. The lowest BCUT2D eigenvalue weighted by Crippen LogP contribution is -2.51. The molecule has 1 amide bonds.